The van der Waals surface area contributed by atoms with Crippen LogP contribution in [0.5, 0.6) is 0 Å². The summed E-state index contributed by atoms with van der Waals surface area (Å²) in [6, 6.07) is 14.5. The molecule has 1 aliphatic heterocycles. The molecule has 1 unspecified atom stereocenters. The smallest absolute Gasteiger partial charge is 0.291 e. The van der Waals surface area contributed by atoms with E-state index in [0.717, 1.165) is 19.4 Å². The molecule has 0 aliphatic carbocycles. The van der Waals surface area contributed by atoms with Crippen LogP contribution >= 0.6 is 27.3 Å². The van der Waals surface area contributed by atoms with E-state index in [1.807, 2.05) is 16.3 Å². The van der Waals surface area contributed by atoms with Crippen molar-refractivity contribution in [3.8, 4) is 0 Å². The molecule has 2 aromatic heterocycles. The Bertz CT molecular complexity index is 967. The van der Waals surface area contributed by atoms with Gasteiger partial charge >= 0.3 is 0 Å². The van der Waals surface area contributed by atoms with Crippen molar-refractivity contribution in [1.29, 1.82) is 0 Å². The maximum atomic E-state index is 13.1. The lowest BCUT2D eigenvalue weighted by atomic mass is 10.1. The zero-order valence-corrected chi connectivity index (χ0v) is 16.8. The molecule has 4 rings (SSSR count). The molecule has 27 heavy (non-hydrogen) atoms. The van der Waals surface area contributed by atoms with Crippen molar-refractivity contribution >= 4 is 44.8 Å². The first kappa shape index (κ1) is 18.0. The molecule has 0 radical (unpaired) electrons. The summed E-state index contributed by atoms with van der Waals surface area (Å²) in [7, 11) is 0. The van der Waals surface area contributed by atoms with E-state index in [4.69, 9.17) is 4.42 Å². The first-order valence-electron chi connectivity index (χ1n) is 8.63. The maximum absolute atomic E-state index is 13.1. The second-order valence-electron chi connectivity index (χ2n) is 6.31. The average Bonchev–Trinajstić information content (AvgIpc) is 3.42. The predicted molar refractivity (Wildman–Crippen MR) is 108 cm³/mol. The van der Waals surface area contributed by atoms with Crippen LogP contribution in [-0.2, 0) is 0 Å². The van der Waals surface area contributed by atoms with E-state index < -0.39 is 0 Å². The Kier molecular flexibility index (Phi) is 5.13. The number of benzene rings is 1. The van der Waals surface area contributed by atoms with Crippen molar-refractivity contribution in [1.82, 2.24) is 4.90 Å². The predicted octanol–water partition coefficient (Wildman–Crippen LogP) is 5.33. The molecule has 0 bridgehead atoms. The number of hydrogen-bond donors (Lipinski definition) is 1. The molecule has 3 aromatic rings. The third-order valence-corrected chi connectivity index (χ3v) is 5.95. The average molecular weight is 445 g/mol. The molecular formula is C20H17BrN2O3S. The van der Waals surface area contributed by atoms with Gasteiger partial charge in [0.15, 0.2) is 10.4 Å². The lowest BCUT2D eigenvalue weighted by molar-refractivity contribution is 0.0737. The number of carbonyl (C=O) groups excluding carboxylic acids is 2. The fourth-order valence-electron chi connectivity index (χ4n) is 3.31. The number of carbonyl (C=O) groups is 2. The fraction of sp³-hybridized carbons (Fsp3) is 0.200. The molecule has 1 fully saturated rings. The highest BCUT2D eigenvalue weighted by molar-refractivity contribution is 9.10. The summed E-state index contributed by atoms with van der Waals surface area (Å²) < 4.78 is 5.75. The summed E-state index contributed by atoms with van der Waals surface area (Å²) in [5, 5.41) is 4.82. The van der Waals surface area contributed by atoms with Crippen LogP contribution in [0.3, 0.4) is 0 Å². The quantitative estimate of drug-likeness (QED) is 0.590. The summed E-state index contributed by atoms with van der Waals surface area (Å²) >= 11 is 4.86. The SMILES string of the molecule is O=C(Nc1cccc(C(=O)N2CCCC2c2cccs2)c1)c1ccc(Br)o1. The number of likely N-dealkylation sites (tertiary alicyclic amines) is 1. The lowest BCUT2D eigenvalue weighted by Gasteiger charge is -2.24. The number of nitrogens with one attached hydrogen (secondary N) is 1. The summed E-state index contributed by atoms with van der Waals surface area (Å²) in [6.45, 7) is 0.748. The minimum absolute atomic E-state index is 0.0113. The number of furan rings is 1. The lowest BCUT2D eigenvalue weighted by Crippen LogP contribution is -2.30. The minimum atomic E-state index is -0.358. The number of hydrogen-bond acceptors (Lipinski definition) is 4. The van der Waals surface area contributed by atoms with Crippen LogP contribution in [0.1, 0.15) is 44.7 Å². The number of halogens is 1. The zero-order chi connectivity index (χ0) is 18.8. The Morgan fingerprint density at radius 2 is 2.07 bits per heavy atom. The summed E-state index contributed by atoms with van der Waals surface area (Å²) in [5.41, 5.74) is 1.13. The zero-order valence-electron chi connectivity index (χ0n) is 14.4. The van der Waals surface area contributed by atoms with E-state index in [1.54, 1.807) is 47.7 Å². The Hall–Kier alpha value is -2.38. The Labute approximate surface area is 169 Å². The third kappa shape index (κ3) is 3.84. The highest BCUT2D eigenvalue weighted by Gasteiger charge is 2.31. The molecule has 1 saturated heterocycles. The molecule has 7 heteroatoms. The van der Waals surface area contributed by atoms with Gasteiger partial charge in [0.2, 0.25) is 0 Å². The molecule has 0 saturated carbocycles. The van der Waals surface area contributed by atoms with Crippen molar-refractivity contribution < 1.29 is 14.0 Å². The molecule has 5 nitrogen and oxygen atoms in total. The van der Waals surface area contributed by atoms with Crippen molar-refractivity contribution in [2.75, 3.05) is 11.9 Å². The molecule has 1 atom stereocenters. The number of thiophene rings is 1. The molecule has 1 N–H and O–H groups in total. The van der Waals surface area contributed by atoms with Crippen LogP contribution < -0.4 is 5.32 Å². The summed E-state index contributed by atoms with van der Waals surface area (Å²) in [4.78, 5) is 28.5. The van der Waals surface area contributed by atoms with Gasteiger partial charge in [0.25, 0.3) is 11.8 Å². The van der Waals surface area contributed by atoms with Crippen LogP contribution in [-0.4, -0.2) is 23.3 Å². The van der Waals surface area contributed by atoms with E-state index in [2.05, 4.69) is 27.3 Å². The maximum Gasteiger partial charge on any atom is 0.291 e. The largest absolute Gasteiger partial charge is 0.444 e. The normalized spacial score (nSPS) is 16.5. The molecule has 1 aromatic carbocycles. The summed E-state index contributed by atoms with van der Waals surface area (Å²) in [5.74, 6) is -0.165. The molecule has 0 spiro atoms. The van der Waals surface area contributed by atoms with Crippen molar-refractivity contribution in [3.05, 3.63) is 74.8 Å². The molecular weight excluding hydrogens is 428 g/mol. The van der Waals surface area contributed by atoms with Crippen LogP contribution in [0, 0.1) is 0 Å². The first-order chi connectivity index (χ1) is 13.1. The van der Waals surface area contributed by atoms with Crippen LogP contribution in [0.4, 0.5) is 5.69 Å². The van der Waals surface area contributed by atoms with Gasteiger partial charge in [0.1, 0.15) is 0 Å². The van der Waals surface area contributed by atoms with Crippen LogP contribution in [0.2, 0.25) is 0 Å². The van der Waals surface area contributed by atoms with Gasteiger partial charge in [-0.1, -0.05) is 12.1 Å². The number of rotatable bonds is 4. The molecule has 138 valence electrons. The van der Waals surface area contributed by atoms with Crippen LogP contribution in [0.25, 0.3) is 0 Å². The van der Waals surface area contributed by atoms with Gasteiger partial charge in [0.05, 0.1) is 6.04 Å². The van der Waals surface area contributed by atoms with Gasteiger partial charge in [-0.3, -0.25) is 9.59 Å². The second kappa shape index (κ2) is 7.70. The van der Waals surface area contributed by atoms with Gasteiger partial charge < -0.3 is 14.6 Å². The Morgan fingerprint density at radius 1 is 1.19 bits per heavy atom. The molecule has 1 aliphatic rings. The monoisotopic (exact) mass is 444 g/mol. The number of amides is 2. The summed E-state index contributed by atoms with van der Waals surface area (Å²) in [6.07, 6.45) is 1.98. The van der Waals surface area contributed by atoms with Crippen molar-refractivity contribution in [2.45, 2.75) is 18.9 Å². The first-order valence-corrected chi connectivity index (χ1v) is 10.3. The van der Waals surface area contributed by atoms with E-state index in [0.29, 0.717) is 15.9 Å². The topological polar surface area (TPSA) is 62.6 Å². The molecule has 3 heterocycles. The van der Waals surface area contributed by atoms with Gasteiger partial charge in [0, 0.05) is 22.7 Å². The molecule has 2 amide bonds. The standard InChI is InChI=1S/C20H17BrN2O3S/c21-18-9-8-16(26-18)19(24)22-14-5-1-4-13(12-14)20(25)23-10-2-6-15(23)17-7-3-11-27-17/h1,3-5,7-9,11-12,15H,2,6,10H2,(H,22,24). The van der Waals surface area contributed by atoms with Crippen LogP contribution in [0.15, 0.2) is 63.0 Å². The van der Waals surface area contributed by atoms with Gasteiger partial charge in [-0.25, -0.2) is 0 Å². The van der Waals surface area contributed by atoms with E-state index in [-0.39, 0.29) is 23.6 Å². The van der Waals surface area contributed by atoms with Crippen molar-refractivity contribution in [3.63, 3.8) is 0 Å². The van der Waals surface area contributed by atoms with E-state index in [1.165, 1.54) is 4.88 Å². The highest BCUT2D eigenvalue weighted by Crippen LogP contribution is 2.35. The number of anilines is 1. The second-order valence-corrected chi connectivity index (χ2v) is 8.07. The fourth-order valence-corrected chi connectivity index (χ4v) is 4.49. The Morgan fingerprint density at radius 3 is 2.81 bits per heavy atom. The van der Waals surface area contributed by atoms with Gasteiger partial charge in [-0.05, 0) is 70.5 Å². The van der Waals surface area contributed by atoms with E-state index >= 15 is 0 Å². The van der Waals surface area contributed by atoms with Gasteiger partial charge in [-0.15, -0.1) is 11.3 Å². The highest BCUT2D eigenvalue weighted by atomic mass is 79.9. The minimum Gasteiger partial charge on any atom is -0.444 e. The number of nitrogens with zero attached hydrogens (tertiary/aromatic N) is 1. The Balaban J connectivity index is 1.51. The van der Waals surface area contributed by atoms with Gasteiger partial charge in [-0.2, -0.15) is 0 Å². The third-order valence-electron chi connectivity index (χ3n) is 4.55. The van der Waals surface area contributed by atoms with E-state index in [9.17, 15) is 9.59 Å². The van der Waals surface area contributed by atoms with Crippen molar-refractivity contribution in [2.24, 2.45) is 0 Å².